The molecule has 1 aromatic heterocycles. The molecule has 10 nitrogen and oxygen atoms in total. The van der Waals surface area contributed by atoms with Gasteiger partial charge in [0, 0.05) is 22.8 Å². The van der Waals surface area contributed by atoms with Crippen molar-refractivity contribution in [2.45, 2.75) is 36.8 Å². The number of benzene rings is 2. The third-order valence-electron chi connectivity index (χ3n) is 5.32. The van der Waals surface area contributed by atoms with E-state index >= 15 is 0 Å². The molecule has 0 bridgehead atoms. The Morgan fingerprint density at radius 1 is 1.06 bits per heavy atom. The largest absolute Gasteiger partial charge is 0.490 e. The zero-order valence-electron chi connectivity index (χ0n) is 16.4. The van der Waals surface area contributed by atoms with E-state index < -0.39 is 42.8 Å². The molecule has 4 rings (SSSR count). The number of ether oxygens (including phenoxy) is 3. The molecular weight excluding hydrogens is 408 g/mol. The van der Waals surface area contributed by atoms with Crippen LogP contribution in [0.25, 0.3) is 21.8 Å². The predicted octanol–water partition coefficient (Wildman–Crippen LogP) is -0.0640. The van der Waals surface area contributed by atoms with Crippen LogP contribution in [0.2, 0.25) is 0 Å². The van der Waals surface area contributed by atoms with Gasteiger partial charge in [-0.3, -0.25) is 0 Å². The van der Waals surface area contributed by atoms with Crippen LogP contribution in [0.15, 0.2) is 42.5 Å². The molecule has 0 spiro atoms. The Morgan fingerprint density at radius 3 is 2.55 bits per heavy atom. The first kappa shape index (κ1) is 21.5. The average molecular weight is 432 g/mol. The van der Waals surface area contributed by atoms with E-state index in [9.17, 15) is 20.1 Å². The van der Waals surface area contributed by atoms with Crippen LogP contribution in [0, 0.1) is 0 Å². The average Bonchev–Trinajstić information content (AvgIpc) is 3.15. The highest BCUT2D eigenvalue weighted by molar-refractivity contribution is 6.10. The molecular formula is C21H24N2O8. The van der Waals surface area contributed by atoms with Gasteiger partial charge < -0.3 is 45.4 Å². The van der Waals surface area contributed by atoms with Crippen molar-refractivity contribution in [1.82, 2.24) is 4.98 Å². The zero-order valence-corrected chi connectivity index (χ0v) is 16.4. The second-order valence-corrected chi connectivity index (χ2v) is 7.39. The van der Waals surface area contributed by atoms with Crippen LogP contribution in [-0.4, -0.2) is 81.3 Å². The van der Waals surface area contributed by atoms with E-state index in [1.165, 1.54) is 0 Å². The molecule has 31 heavy (non-hydrogen) atoms. The third-order valence-corrected chi connectivity index (χ3v) is 5.32. The summed E-state index contributed by atoms with van der Waals surface area (Å²) in [5.41, 5.74) is 7.63. The molecule has 1 aliphatic heterocycles. The van der Waals surface area contributed by atoms with Gasteiger partial charge in [0.15, 0.2) is 12.4 Å². The number of rotatable bonds is 7. The standard InChI is InChI=1S/C21H24N2O8/c22-8-10(30-21-18(26)16(24)17(25)19(31-21)20(27)28)9-29-14-7-3-6-13-15(14)11-4-1-2-5-12(11)23-13/h1-7,10,16-19,21,23-26H,8-9,22H2,(H,27,28)/t10?,16?,17-,18?,19?,21-/m1/s1. The molecule has 3 aromatic rings. The molecule has 1 aliphatic rings. The number of nitrogens with one attached hydrogen (secondary N) is 1. The van der Waals surface area contributed by atoms with Crippen molar-refractivity contribution in [3.63, 3.8) is 0 Å². The second-order valence-electron chi connectivity index (χ2n) is 7.39. The Labute approximate surface area is 176 Å². The number of aliphatic carboxylic acids is 1. The number of H-pyrrole nitrogens is 1. The van der Waals surface area contributed by atoms with Crippen LogP contribution >= 0.6 is 0 Å². The van der Waals surface area contributed by atoms with Crippen molar-refractivity contribution >= 4 is 27.8 Å². The Morgan fingerprint density at radius 2 is 1.81 bits per heavy atom. The summed E-state index contributed by atoms with van der Waals surface area (Å²) in [6, 6.07) is 13.4. The highest BCUT2D eigenvalue weighted by atomic mass is 16.7. The van der Waals surface area contributed by atoms with Gasteiger partial charge in [0.25, 0.3) is 0 Å². The second kappa shape index (κ2) is 8.79. The van der Waals surface area contributed by atoms with E-state index in [0.29, 0.717) is 5.75 Å². The number of nitrogens with two attached hydrogens (primary N) is 1. The summed E-state index contributed by atoms with van der Waals surface area (Å²) in [4.78, 5) is 14.6. The summed E-state index contributed by atoms with van der Waals surface area (Å²) in [5.74, 6) is -0.889. The zero-order chi connectivity index (χ0) is 22.1. The smallest absolute Gasteiger partial charge is 0.335 e. The predicted molar refractivity (Wildman–Crippen MR) is 110 cm³/mol. The number of aromatic amines is 1. The highest BCUT2D eigenvalue weighted by Gasteiger charge is 2.48. The number of hydrogen-bond donors (Lipinski definition) is 6. The summed E-state index contributed by atoms with van der Waals surface area (Å²) in [7, 11) is 0. The lowest BCUT2D eigenvalue weighted by Gasteiger charge is -2.39. The van der Waals surface area contributed by atoms with Crippen LogP contribution in [-0.2, 0) is 14.3 Å². The van der Waals surface area contributed by atoms with E-state index in [0.717, 1.165) is 21.8 Å². The van der Waals surface area contributed by atoms with Gasteiger partial charge in [0.1, 0.15) is 36.8 Å². The first-order valence-electron chi connectivity index (χ1n) is 9.81. The molecule has 7 N–H and O–H groups in total. The Kier molecular flexibility index (Phi) is 6.10. The lowest BCUT2D eigenvalue weighted by molar-refractivity contribution is -0.304. The fourth-order valence-electron chi connectivity index (χ4n) is 3.69. The van der Waals surface area contributed by atoms with Crippen molar-refractivity contribution in [3.8, 4) is 5.75 Å². The van der Waals surface area contributed by atoms with Crippen LogP contribution < -0.4 is 10.5 Å². The van der Waals surface area contributed by atoms with E-state index in [2.05, 4.69) is 4.98 Å². The number of carbonyl (C=O) groups is 1. The quantitative estimate of drug-likeness (QED) is 0.299. The Hall–Kier alpha value is -2.73. The van der Waals surface area contributed by atoms with Crippen molar-refractivity contribution in [2.24, 2.45) is 5.73 Å². The monoisotopic (exact) mass is 432 g/mol. The van der Waals surface area contributed by atoms with Crippen molar-refractivity contribution < 1.29 is 39.4 Å². The van der Waals surface area contributed by atoms with Gasteiger partial charge in [0.2, 0.25) is 0 Å². The fourth-order valence-corrected chi connectivity index (χ4v) is 3.69. The van der Waals surface area contributed by atoms with Crippen molar-refractivity contribution in [3.05, 3.63) is 42.5 Å². The maximum absolute atomic E-state index is 11.2. The number of fused-ring (bicyclic) bond motifs is 3. The molecule has 2 heterocycles. The SMILES string of the molecule is NCC(COc1cccc2[nH]c3ccccc3c12)O[C@@H]1OC(C(=O)O)[C@H](O)C(O)C1O. The van der Waals surface area contributed by atoms with E-state index in [1.54, 1.807) is 0 Å². The van der Waals surface area contributed by atoms with Crippen molar-refractivity contribution in [2.75, 3.05) is 13.2 Å². The summed E-state index contributed by atoms with van der Waals surface area (Å²) in [6.07, 6.45) is -9.23. The number of carboxylic acids is 1. The molecule has 0 saturated carbocycles. The normalized spacial score (nSPS) is 27.4. The number of aliphatic hydroxyl groups is 3. The minimum atomic E-state index is -1.79. The van der Waals surface area contributed by atoms with E-state index in [-0.39, 0.29) is 13.2 Å². The molecule has 1 fully saturated rings. The van der Waals surface area contributed by atoms with Gasteiger partial charge >= 0.3 is 5.97 Å². The molecule has 4 unspecified atom stereocenters. The van der Waals surface area contributed by atoms with Gasteiger partial charge in [0.05, 0.1) is 5.52 Å². The Balaban J connectivity index is 1.50. The minimum Gasteiger partial charge on any atom is -0.490 e. The van der Waals surface area contributed by atoms with E-state index in [4.69, 9.17) is 25.1 Å². The lowest BCUT2D eigenvalue weighted by atomic mass is 9.99. The fraction of sp³-hybridized carbons (Fsp3) is 0.381. The van der Waals surface area contributed by atoms with Gasteiger partial charge in [-0.1, -0.05) is 24.3 Å². The molecule has 0 amide bonds. The number of carboxylic acid groups (broad SMARTS) is 1. The van der Waals surface area contributed by atoms with Crippen LogP contribution in [0.5, 0.6) is 5.75 Å². The van der Waals surface area contributed by atoms with Gasteiger partial charge in [-0.2, -0.15) is 0 Å². The lowest BCUT2D eigenvalue weighted by Crippen LogP contribution is -2.61. The Bertz CT molecular complexity index is 1070. The third kappa shape index (κ3) is 4.09. The minimum absolute atomic E-state index is 0.0158. The van der Waals surface area contributed by atoms with E-state index in [1.807, 2.05) is 42.5 Å². The summed E-state index contributed by atoms with van der Waals surface area (Å²) >= 11 is 0. The number of aliphatic hydroxyl groups excluding tert-OH is 3. The maximum Gasteiger partial charge on any atom is 0.335 e. The maximum atomic E-state index is 11.2. The molecule has 1 saturated heterocycles. The summed E-state index contributed by atoms with van der Waals surface area (Å²) in [5, 5.41) is 40.9. The van der Waals surface area contributed by atoms with Gasteiger partial charge in [-0.15, -0.1) is 0 Å². The molecule has 10 heteroatoms. The van der Waals surface area contributed by atoms with Gasteiger partial charge in [-0.25, -0.2) is 4.79 Å². The number of para-hydroxylation sites is 1. The number of hydrogen-bond acceptors (Lipinski definition) is 8. The molecule has 6 atom stereocenters. The summed E-state index contributed by atoms with van der Waals surface area (Å²) < 4.78 is 16.7. The molecule has 2 aromatic carbocycles. The van der Waals surface area contributed by atoms with Gasteiger partial charge in [-0.05, 0) is 18.2 Å². The van der Waals surface area contributed by atoms with Crippen molar-refractivity contribution in [1.29, 1.82) is 0 Å². The highest BCUT2D eigenvalue weighted by Crippen LogP contribution is 2.33. The molecule has 166 valence electrons. The first-order valence-corrected chi connectivity index (χ1v) is 9.81. The topological polar surface area (TPSA) is 167 Å². The van der Waals surface area contributed by atoms with Crippen LogP contribution in [0.3, 0.4) is 0 Å². The van der Waals surface area contributed by atoms with Crippen LogP contribution in [0.4, 0.5) is 0 Å². The summed E-state index contributed by atoms with van der Waals surface area (Å²) in [6.45, 7) is -0.0368. The van der Waals surface area contributed by atoms with Crippen LogP contribution in [0.1, 0.15) is 0 Å². The molecule has 0 aliphatic carbocycles. The molecule has 0 radical (unpaired) electrons. The first-order chi connectivity index (χ1) is 14.9. The number of aromatic nitrogens is 1.